The van der Waals surface area contributed by atoms with Crippen LogP contribution >= 0.6 is 7.82 Å². The Morgan fingerprint density at radius 3 is 1.01 bits per heavy atom. The van der Waals surface area contributed by atoms with Gasteiger partial charge in [-0.05, 0) is 209 Å². The van der Waals surface area contributed by atoms with Gasteiger partial charge < -0.3 is 104 Å². The Hall–Kier alpha value is -4.50. The molecule has 22 atom stereocenters. The number of aliphatic hydroxyl groups excluding tert-OH is 10. The van der Waals surface area contributed by atoms with Gasteiger partial charge >= 0.3 is 25.7 Å². The molecule has 4 rings (SSSR count). The summed E-state index contributed by atoms with van der Waals surface area (Å²) in [5, 5.41) is 137. The summed E-state index contributed by atoms with van der Waals surface area (Å²) >= 11 is 0. The van der Waals surface area contributed by atoms with Gasteiger partial charge in [0.1, 0.15) is 79.4 Å². The zero-order valence-corrected chi connectivity index (χ0v) is 65.8. The topological polar surface area (TPSA) is 435 Å². The minimum Gasteiger partial charge on any atom is -0.479 e. The van der Waals surface area contributed by atoms with Crippen LogP contribution in [0.25, 0.3) is 0 Å². The number of rotatable bonds is 47. The second-order valence-electron chi connectivity index (χ2n) is 30.2. The number of allylic oxidation sites excluding steroid dienone is 18. The molecular weight excluding hydrogens is 1410 g/mol. The van der Waals surface area contributed by atoms with E-state index in [2.05, 4.69) is 131 Å². The van der Waals surface area contributed by atoms with Crippen LogP contribution in [0.3, 0.4) is 0 Å². The number of hydrogen-bond donors (Lipinski definition) is 14. The van der Waals surface area contributed by atoms with Crippen LogP contribution in [0, 0.1) is 11.8 Å². The molecule has 0 amide bonds. The van der Waals surface area contributed by atoms with Crippen molar-refractivity contribution in [1.82, 2.24) is 0 Å². The Labute approximate surface area is 632 Å². The van der Waals surface area contributed by atoms with E-state index in [1.165, 1.54) is 69.4 Å². The van der Waals surface area contributed by atoms with E-state index in [-0.39, 0.29) is 12.5 Å². The van der Waals surface area contributed by atoms with Crippen LogP contribution in [0.5, 0.6) is 0 Å². The van der Waals surface area contributed by atoms with Gasteiger partial charge in [-0.1, -0.05) is 132 Å². The van der Waals surface area contributed by atoms with Gasteiger partial charge in [0.15, 0.2) is 43.5 Å². The SMILES string of the molecule is C/C(=C/CC/C(C)=C\CC/C(C)=C\CC/C(C)=C\CCC(C)CCOP(=O)(O)O[C@H]1O[C@H](CO)[C@@H](O[C@@H]2O[C@H](C(=O)O)[C@@H](O[C@H]3O[C@H](C(=O)O)[C@H](O[C@@H]4O[C@H](C(=O)O)[C@@H](O)[C@H](O)[C@H]4O)[C@H](O)[C@H]3O)[C@H](O)[C@H]2O)[C@H](O)[C@H]1O)CC/C=C(/C)CC/C=C(/C)CC/C=C(/C)CC/C=C(\C)CC/C=C(\C)CCCC(C)C. The van der Waals surface area contributed by atoms with Crippen LogP contribution in [-0.4, -0.2) is 225 Å². The summed E-state index contributed by atoms with van der Waals surface area (Å²) in [5.74, 6) is -4.94. The van der Waals surface area contributed by atoms with Gasteiger partial charge in [0, 0.05) is 0 Å². The highest BCUT2D eigenvalue weighted by Gasteiger charge is 2.58. The first-order valence-corrected chi connectivity index (χ1v) is 39.5. The summed E-state index contributed by atoms with van der Waals surface area (Å²) in [6, 6.07) is 0. The fourth-order valence-corrected chi connectivity index (χ4v) is 13.7. The van der Waals surface area contributed by atoms with Crippen LogP contribution in [0.4, 0.5) is 0 Å². The van der Waals surface area contributed by atoms with Crippen molar-refractivity contribution in [1.29, 1.82) is 0 Å². The van der Waals surface area contributed by atoms with E-state index in [0.29, 0.717) is 6.42 Å². The van der Waals surface area contributed by atoms with Gasteiger partial charge in [-0.3, -0.25) is 9.05 Å². The maximum absolute atomic E-state index is 13.1. The summed E-state index contributed by atoms with van der Waals surface area (Å²) in [7, 11) is -5.04. The fourth-order valence-electron chi connectivity index (χ4n) is 12.9. The average Bonchev–Trinajstić information content (AvgIpc) is 0.772. The van der Waals surface area contributed by atoms with Crippen molar-refractivity contribution in [2.75, 3.05) is 13.2 Å². The summed E-state index contributed by atoms with van der Waals surface area (Å²) in [5.41, 5.74) is 12.9. The number of carboxylic acids is 3. The molecule has 4 heterocycles. The summed E-state index contributed by atoms with van der Waals surface area (Å²) < 4.78 is 60.6. The molecule has 4 aliphatic heterocycles. The van der Waals surface area contributed by atoms with Crippen LogP contribution in [0.2, 0.25) is 0 Å². The molecule has 4 fully saturated rings. The standard InChI is InChI=1S/C79H129O27P/c1-46(2)23-13-24-47(3)25-14-26-48(4)27-15-28-49(5)29-16-30-50(6)31-17-32-51(7)33-18-34-52(8)35-19-36-53(9)37-20-38-54(10)39-21-40-55(11)41-22-42-56(12)43-44-98-107(96,97)106-79-66(89)60(83)67(57(45-80)99-79)100-77-64(87)61(84)69(71(104-77)74(92)93)102-78-65(88)62(85)68(72(105-78)75(94)95)101-76-63(86)58(81)59(82)70(103-76)73(90)91/h25,27,29,31,33,35,37,39,41,46,56-72,76-89H,13-24,26,28,30,32,34,36,38,40,42-45H2,1-12H3,(H,90,91)(H,92,93)(H,94,95)(H,96,97)/b47-25+,48-27+,49-29-,50-31-,51-33-,52-35-,53-37-,54-39-,55-41-/t56?,57-,58+,59+,60-,61-,62-,63-,64-,65-,66-,67-,68-,69+,70+,71+,72+,76-,77-,78+,79-/m1/s1. The first-order valence-electron chi connectivity index (χ1n) is 38.0. The quantitative estimate of drug-likeness (QED) is 0.0199. The van der Waals surface area contributed by atoms with E-state index in [1.54, 1.807) is 0 Å². The molecule has 107 heavy (non-hydrogen) atoms. The lowest BCUT2D eigenvalue weighted by molar-refractivity contribution is -0.379. The first-order chi connectivity index (χ1) is 50.4. The van der Waals surface area contributed by atoms with E-state index >= 15 is 0 Å². The lowest BCUT2D eigenvalue weighted by Crippen LogP contribution is -2.68. The number of carboxylic acid groups (broad SMARTS) is 3. The average molecular weight is 1540 g/mol. The lowest BCUT2D eigenvalue weighted by Gasteiger charge is -2.48. The Bertz CT molecular complexity index is 3060. The minimum atomic E-state index is -5.04. The number of aliphatic hydroxyl groups is 10. The van der Waals surface area contributed by atoms with Crippen molar-refractivity contribution in [3.05, 3.63) is 105 Å². The molecule has 0 bridgehead atoms. The molecule has 4 aliphatic rings. The maximum atomic E-state index is 13.1. The number of hydrogen-bond acceptors (Lipinski definition) is 23. The zero-order valence-electron chi connectivity index (χ0n) is 64.9. The van der Waals surface area contributed by atoms with E-state index in [4.69, 9.17) is 42.2 Å². The fraction of sp³-hybridized carbons (Fsp3) is 0.734. The Morgan fingerprint density at radius 2 is 0.673 bits per heavy atom. The van der Waals surface area contributed by atoms with E-state index in [0.717, 1.165) is 121 Å². The number of phosphoric acid groups is 1. The molecule has 0 aromatic carbocycles. The molecular formula is C79H129O27P. The van der Waals surface area contributed by atoms with Crippen molar-refractivity contribution >= 4 is 25.7 Å². The van der Waals surface area contributed by atoms with E-state index < -0.39 is 155 Å². The molecule has 14 N–H and O–H groups in total. The summed E-state index contributed by atoms with van der Waals surface area (Å²) in [6.45, 7) is 25.3. The number of carbonyl (C=O) groups is 3. The van der Waals surface area contributed by atoms with Gasteiger partial charge in [-0.2, -0.15) is 0 Å². The molecule has 0 aromatic heterocycles. The third kappa shape index (κ3) is 33.4. The van der Waals surface area contributed by atoms with Gasteiger partial charge in [0.2, 0.25) is 0 Å². The number of phosphoric ester groups is 1. The molecule has 0 radical (unpaired) electrons. The predicted molar refractivity (Wildman–Crippen MR) is 400 cm³/mol. The molecule has 0 spiro atoms. The minimum absolute atomic E-state index is 0.0397. The molecule has 2 unspecified atom stereocenters. The number of aliphatic carboxylic acids is 3. The Kier molecular flexibility index (Phi) is 42.9. The number of ether oxygens (including phenoxy) is 7. The van der Waals surface area contributed by atoms with Crippen molar-refractivity contribution in [3.63, 3.8) is 0 Å². The third-order valence-electron chi connectivity index (χ3n) is 19.9. The molecule has 0 aromatic rings. The largest absolute Gasteiger partial charge is 0.479 e. The van der Waals surface area contributed by atoms with Crippen LogP contribution in [0.1, 0.15) is 224 Å². The monoisotopic (exact) mass is 1540 g/mol. The predicted octanol–water partition coefficient (Wildman–Crippen LogP) is 10.1. The summed E-state index contributed by atoms with van der Waals surface area (Å²) in [6.07, 6.45) is -1.21. The van der Waals surface area contributed by atoms with Gasteiger partial charge in [-0.25, -0.2) is 18.9 Å². The second kappa shape index (κ2) is 48.4. The smallest absolute Gasteiger partial charge is 0.474 e. The highest BCUT2D eigenvalue weighted by atomic mass is 31.2. The van der Waals surface area contributed by atoms with E-state index in [1.807, 2.05) is 6.92 Å². The Balaban J connectivity index is 1.10. The first kappa shape index (κ1) is 94.9. The molecule has 28 heteroatoms. The molecule has 27 nitrogen and oxygen atoms in total. The molecule has 0 aliphatic carbocycles. The van der Waals surface area contributed by atoms with Crippen LogP contribution in [0.15, 0.2) is 105 Å². The maximum Gasteiger partial charge on any atom is 0.474 e. The van der Waals surface area contributed by atoms with Crippen molar-refractivity contribution < 1.29 is 132 Å². The highest BCUT2D eigenvalue weighted by molar-refractivity contribution is 7.47. The van der Waals surface area contributed by atoms with Crippen molar-refractivity contribution in [3.8, 4) is 0 Å². The van der Waals surface area contributed by atoms with Gasteiger partial charge in [0.25, 0.3) is 0 Å². The van der Waals surface area contributed by atoms with Crippen molar-refractivity contribution in [2.24, 2.45) is 11.8 Å². The van der Waals surface area contributed by atoms with Gasteiger partial charge in [-0.15, -0.1) is 0 Å². The molecule has 4 saturated heterocycles. The molecule has 612 valence electrons. The molecule has 0 saturated carbocycles. The normalized spacial score (nSPS) is 31.6. The van der Waals surface area contributed by atoms with Crippen LogP contribution in [-0.2, 0) is 61.2 Å². The summed E-state index contributed by atoms with van der Waals surface area (Å²) in [4.78, 5) is 47.1. The van der Waals surface area contributed by atoms with Gasteiger partial charge in [0.05, 0.1) is 13.2 Å². The Morgan fingerprint density at radius 1 is 0.374 bits per heavy atom. The third-order valence-corrected chi connectivity index (χ3v) is 20.9. The van der Waals surface area contributed by atoms with Crippen LogP contribution < -0.4 is 0 Å². The van der Waals surface area contributed by atoms with Crippen molar-refractivity contribution in [2.45, 2.75) is 347 Å². The second-order valence-corrected chi connectivity index (χ2v) is 31.6. The lowest BCUT2D eigenvalue weighted by atomic mass is 9.95. The zero-order chi connectivity index (χ0) is 79.8. The highest BCUT2D eigenvalue weighted by Crippen LogP contribution is 2.47. The van der Waals surface area contributed by atoms with E-state index in [9.17, 15) is 90.2 Å².